The summed E-state index contributed by atoms with van der Waals surface area (Å²) >= 11 is 1.91. The van der Waals surface area contributed by atoms with Gasteiger partial charge in [-0.25, -0.2) is 0 Å². The van der Waals surface area contributed by atoms with Crippen molar-refractivity contribution in [1.82, 2.24) is 0 Å². The fraction of sp³-hybridized carbons (Fsp3) is 0.333. The van der Waals surface area contributed by atoms with Gasteiger partial charge in [-0.2, -0.15) is 13.2 Å². The molecule has 0 aliphatic rings. The van der Waals surface area contributed by atoms with E-state index in [-0.39, 0.29) is 18.2 Å². The normalized spacial score (nSPS) is 10.8. The number of hydrogen-bond donors (Lipinski definition) is 1. The maximum Gasteiger partial charge on any atom is 0.422 e. The quantitative estimate of drug-likeness (QED) is 0.833. The Balaban J connectivity index is 0.00000225. The second-order valence-electron chi connectivity index (χ2n) is 2.87. The third-order valence-electron chi connectivity index (χ3n) is 1.62. The van der Waals surface area contributed by atoms with E-state index in [4.69, 9.17) is 5.73 Å². The molecule has 1 aromatic rings. The Morgan fingerprint density at radius 1 is 1.31 bits per heavy atom. The molecule has 16 heavy (non-hydrogen) atoms. The van der Waals surface area contributed by atoms with Crippen LogP contribution in [0.25, 0.3) is 0 Å². The summed E-state index contributed by atoms with van der Waals surface area (Å²) in [7, 11) is 0. The van der Waals surface area contributed by atoms with E-state index in [1.54, 1.807) is 12.1 Å². The molecule has 2 N–H and O–H groups in total. The van der Waals surface area contributed by atoms with Gasteiger partial charge in [0, 0.05) is 6.54 Å². The van der Waals surface area contributed by atoms with Crippen molar-refractivity contribution in [3.63, 3.8) is 0 Å². The van der Waals surface area contributed by atoms with E-state index in [1.165, 1.54) is 6.07 Å². The molecule has 1 aromatic carbocycles. The molecule has 0 spiro atoms. The Morgan fingerprint density at radius 2 is 1.94 bits per heavy atom. The lowest BCUT2D eigenvalue weighted by atomic mass is 10.2. The van der Waals surface area contributed by atoms with Crippen molar-refractivity contribution in [3.05, 3.63) is 27.3 Å². The Kier molecular flexibility index (Phi) is 6.42. The fourth-order valence-electron chi connectivity index (χ4n) is 0.948. The fourth-order valence-corrected chi connectivity index (χ4v) is 1.68. The van der Waals surface area contributed by atoms with Gasteiger partial charge in [0.2, 0.25) is 0 Å². The monoisotopic (exact) mass is 367 g/mol. The SMILES string of the molecule is Cl.NCc1ccc(OCC(F)(F)F)c(I)c1. The molecule has 0 unspecified atom stereocenters. The zero-order valence-electron chi connectivity index (χ0n) is 8.05. The van der Waals surface area contributed by atoms with Crippen molar-refractivity contribution < 1.29 is 17.9 Å². The lowest BCUT2D eigenvalue weighted by Gasteiger charge is -2.11. The Hall–Kier alpha value is -0.210. The van der Waals surface area contributed by atoms with Crippen molar-refractivity contribution >= 4 is 35.0 Å². The molecule has 0 saturated carbocycles. The molecule has 7 heteroatoms. The standard InChI is InChI=1S/C9H9F3INO.ClH/c10-9(11,12)5-15-8-2-1-6(4-14)3-7(8)13;/h1-3H,4-5,14H2;1H. The first-order valence-corrected chi connectivity index (χ1v) is 5.18. The Morgan fingerprint density at radius 3 is 2.38 bits per heavy atom. The summed E-state index contributed by atoms with van der Waals surface area (Å²) in [4.78, 5) is 0. The van der Waals surface area contributed by atoms with Gasteiger partial charge >= 0.3 is 6.18 Å². The van der Waals surface area contributed by atoms with Crippen LogP contribution in [-0.4, -0.2) is 12.8 Å². The minimum atomic E-state index is -4.31. The van der Waals surface area contributed by atoms with E-state index in [2.05, 4.69) is 4.74 Å². The summed E-state index contributed by atoms with van der Waals surface area (Å²) < 4.78 is 40.9. The van der Waals surface area contributed by atoms with Crippen LogP contribution in [0.2, 0.25) is 0 Å². The van der Waals surface area contributed by atoms with Crippen LogP contribution in [0.5, 0.6) is 5.75 Å². The van der Waals surface area contributed by atoms with E-state index in [1.807, 2.05) is 22.6 Å². The molecule has 0 saturated heterocycles. The van der Waals surface area contributed by atoms with Crippen LogP contribution >= 0.6 is 35.0 Å². The van der Waals surface area contributed by atoms with E-state index in [0.29, 0.717) is 10.1 Å². The summed E-state index contributed by atoms with van der Waals surface area (Å²) in [6.45, 7) is -0.916. The zero-order valence-corrected chi connectivity index (χ0v) is 11.0. The van der Waals surface area contributed by atoms with E-state index >= 15 is 0 Å². The predicted molar refractivity (Wildman–Crippen MR) is 65.8 cm³/mol. The van der Waals surface area contributed by atoms with Gasteiger partial charge in [0.1, 0.15) is 5.75 Å². The lowest BCUT2D eigenvalue weighted by Crippen LogP contribution is -2.19. The van der Waals surface area contributed by atoms with Crippen LogP contribution in [0.15, 0.2) is 18.2 Å². The van der Waals surface area contributed by atoms with Gasteiger partial charge in [0.25, 0.3) is 0 Å². The highest BCUT2D eigenvalue weighted by Gasteiger charge is 2.28. The van der Waals surface area contributed by atoms with Crippen LogP contribution in [0.4, 0.5) is 13.2 Å². The molecule has 0 atom stereocenters. The van der Waals surface area contributed by atoms with Gasteiger partial charge in [-0.15, -0.1) is 12.4 Å². The van der Waals surface area contributed by atoms with E-state index in [0.717, 1.165) is 5.56 Å². The van der Waals surface area contributed by atoms with Crippen molar-refractivity contribution in [3.8, 4) is 5.75 Å². The zero-order chi connectivity index (χ0) is 11.5. The average Bonchev–Trinajstić information content (AvgIpc) is 2.14. The molecule has 0 bridgehead atoms. The van der Waals surface area contributed by atoms with E-state index < -0.39 is 12.8 Å². The van der Waals surface area contributed by atoms with Crippen LogP contribution in [0.3, 0.4) is 0 Å². The third-order valence-corrected chi connectivity index (χ3v) is 2.47. The van der Waals surface area contributed by atoms with Crippen LogP contribution in [-0.2, 0) is 6.54 Å². The molecule has 92 valence electrons. The predicted octanol–water partition coefficient (Wildman–Crippen LogP) is 3.11. The molecule has 0 aliphatic carbocycles. The topological polar surface area (TPSA) is 35.2 Å². The molecular formula is C9H10ClF3INO. The summed E-state index contributed by atoms with van der Waals surface area (Å²) in [5.41, 5.74) is 6.25. The molecule has 0 aliphatic heterocycles. The van der Waals surface area contributed by atoms with Gasteiger partial charge in [-0.1, -0.05) is 6.07 Å². The van der Waals surface area contributed by atoms with E-state index in [9.17, 15) is 13.2 Å². The summed E-state index contributed by atoms with van der Waals surface area (Å²) in [5.74, 6) is 0.227. The highest BCUT2D eigenvalue weighted by molar-refractivity contribution is 14.1. The number of alkyl halides is 3. The number of ether oxygens (including phenoxy) is 1. The maximum atomic E-state index is 11.9. The van der Waals surface area contributed by atoms with Crippen LogP contribution < -0.4 is 10.5 Å². The molecule has 0 aromatic heterocycles. The number of halogens is 5. The summed E-state index contributed by atoms with van der Waals surface area (Å²) in [5, 5.41) is 0. The maximum absolute atomic E-state index is 11.9. The summed E-state index contributed by atoms with van der Waals surface area (Å²) in [6, 6.07) is 4.84. The number of benzene rings is 1. The van der Waals surface area contributed by atoms with Crippen molar-refractivity contribution in [2.24, 2.45) is 5.73 Å². The lowest BCUT2D eigenvalue weighted by molar-refractivity contribution is -0.153. The van der Waals surface area contributed by atoms with Crippen molar-refractivity contribution in [1.29, 1.82) is 0 Å². The van der Waals surface area contributed by atoms with Gasteiger partial charge in [-0.05, 0) is 40.3 Å². The Bertz CT molecular complexity index is 346. The highest BCUT2D eigenvalue weighted by Crippen LogP contribution is 2.24. The molecule has 0 fully saturated rings. The highest BCUT2D eigenvalue weighted by atomic mass is 127. The number of rotatable bonds is 3. The second-order valence-corrected chi connectivity index (χ2v) is 4.03. The Labute approximate surface area is 111 Å². The van der Waals surface area contributed by atoms with Gasteiger partial charge in [0.05, 0.1) is 3.57 Å². The molecule has 0 radical (unpaired) electrons. The smallest absolute Gasteiger partial charge is 0.422 e. The minimum Gasteiger partial charge on any atom is -0.483 e. The average molecular weight is 368 g/mol. The molecule has 2 nitrogen and oxygen atoms in total. The van der Waals surface area contributed by atoms with Gasteiger partial charge < -0.3 is 10.5 Å². The largest absolute Gasteiger partial charge is 0.483 e. The minimum absolute atomic E-state index is 0. The molecule has 0 amide bonds. The number of hydrogen-bond acceptors (Lipinski definition) is 2. The third kappa shape index (κ3) is 5.22. The van der Waals surface area contributed by atoms with Crippen LogP contribution in [0, 0.1) is 3.57 Å². The first-order valence-electron chi connectivity index (χ1n) is 4.10. The first kappa shape index (κ1) is 15.8. The first-order chi connectivity index (χ1) is 6.92. The van der Waals surface area contributed by atoms with Crippen molar-refractivity contribution in [2.75, 3.05) is 6.61 Å². The molecular weight excluding hydrogens is 357 g/mol. The second kappa shape index (κ2) is 6.51. The summed E-state index contributed by atoms with van der Waals surface area (Å²) in [6.07, 6.45) is -4.31. The van der Waals surface area contributed by atoms with Gasteiger partial charge in [-0.3, -0.25) is 0 Å². The molecule has 0 heterocycles. The van der Waals surface area contributed by atoms with Crippen molar-refractivity contribution in [2.45, 2.75) is 12.7 Å². The van der Waals surface area contributed by atoms with Crippen LogP contribution in [0.1, 0.15) is 5.56 Å². The molecule has 1 rings (SSSR count). The van der Waals surface area contributed by atoms with Gasteiger partial charge in [0.15, 0.2) is 6.61 Å². The number of nitrogens with two attached hydrogens (primary N) is 1.